The van der Waals surface area contributed by atoms with Crippen molar-refractivity contribution in [3.05, 3.63) is 94.5 Å². The van der Waals surface area contributed by atoms with Crippen LogP contribution in [0, 0.1) is 0 Å². The topological polar surface area (TPSA) is 61.8 Å². The highest BCUT2D eigenvalue weighted by Crippen LogP contribution is 2.28. The molecule has 0 atom stereocenters. The molecule has 5 nitrogen and oxygen atoms in total. The molecule has 0 bridgehead atoms. The maximum absolute atomic E-state index is 12.6. The van der Waals surface area contributed by atoms with E-state index in [9.17, 15) is 9.59 Å². The van der Waals surface area contributed by atoms with Crippen molar-refractivity contribution in [1.29, 1.82) is 0 Å². The van der Waals surface area contributed by atoms with E-state index in [1.807, 2.05) is 0 Å². The molecule has 152 valence electrons. The van der Waals surface area contributed by atoms with Crippen molar-refractivity contribution in [1.82, 2.24) is 0 Å². The number of esters is 1. The Morgan fingerprint density at radius 2 is 1.47 bits per heavy atom. The van der Waals surface area contributed by atoms with E-state index >= 15 is 0 Å². The number of benzene rings is 3. The molecular formula is C24H19ClO5. The number of carbonyl (C=O) groups is 2. The van der Waals surface area contributed by atoms with E-state index in [0.29, 0.717) is 39.0 Å². The molecule has 0 spiro atoms. The fourth-order valence-corrected chi connectivity index (χ4v) is 2.83. The maximum atomic E-state index is 12.6. The maximum Gasteiger partial charge on any atom is 0.343 e. The van der Waals surface area contributed by atoms with Crippen LogP contribution < -0.4 is 14.2 Å². The van der Waals surface area contributed by atoms with Crippen molar-refractivity contribution in [2.75, 3.05) is 14.2 Å². The number of hydrogen-bond acceptors (Lipinski definition) is 5. The number of allylic oxidation sites excluding steroid dienone is 1. The number of methoxy groups -OCH3 is 2. The van der Waals surface area contributed by atoms with E-state index in [1.54, 1.807) is 72.8 Å². The first-order valence-electron chi connectivity index (χ1n) is 9.03. The number of carbonyl (C=O) groups excluding carboxylic acids is 2. The Balaban J connectivity index is 1.79. The van der Waals surface area contributed by atoms with Crippen LogP contribution >= 0.6 is 11.6 Å². The molecule has 0 aliphatic rings. The monoisotopic (exact) mass is 422 g/mol. The lowest BCUT2D eigenvalue weighted by Gasteiger charge is -2.10. The molecule has 0 saturated heterocycles. The number of ether oxygens (including phenoxy) is 3. The third kappa shape index (κ3) is 5.07. The fourth-order valence-electron chi connectivity index (χ4n) is 2.71. The number of ketones is 1. The van der Waals surface area contributed by atoms with Crippen molar-refractivity contribution in [3.8, 4) is 17.2 Å². The molecule has 0 aromatic heterocycles. The van der Waals surface area contributed by atoms with E-state index < -0.39 is 5.97 Å². The highest BCUT2D eigenvalue weighted by molar-refractivity contribution is 6.30. The van der Waals surface area contributed by atoms with Gasteiger partial charge in [-0.3, -0.25) is 4.79 Å². The molecule has 0 heterocycles. The minimum Gasteiger partial charge on any atom is -0.493 e. The molecule has 0 fully saturated rings. The van der Waals surface area contributed by atoms with E-state index in [2.05, 4.69) is 0 Å². The van der Waals surface area contributed by atoms with Gasteiger partial charge in [-0.05, 0) is 60.7 Å². The Morgan fingerprint density at radius 3 is 2.17 bits per heavy atom. The average molecular weight is 423 g/mol. The normalized spacial score (nSPS) is 10.6. The molecular weight excluding hydrogens is 404 g/mol. The SMILES string of the molecule is COc1ccc(C(=O)Oc2ccccc2/C=C/C(=O)c2ccc(Cl)cc2)cc1OC. The smallest absolute Gasteiger partial charge is 0.343 e. The zero-order chi connectivity index (χ0) is 21.5. The quantitative estimate of drug-likeness (QED) is 0.218. The summed E-state index contributed by atoms with van der Waals surface area (Å²) in [6.07, 6.45) is 3.03. The number of rotatable bonds is 7. The molecule has 0 unspecified atom stereocenters. The van der Waals surface area contributed by atoms with Gasteiger partial charge in [0.05, 0.1) is 19.8 Å². The molecule has 0 saturated carbocycles. The molecule has 0 aliphatic carbocycles. The van der Waals surface area contributed by atoms with Gasteiger partial charge in [0.15, 0.2) is 17.3 Å². The molecule has 0 N–H and O–H groups in total. The minimum absolute atomic E-state index is 0.187. The first-order valence-corrected chi connectivity index (χ1v) is 9.41. The average Bonchev–Trinajstić information content (AvgIpc) is 2.78. The zero-order valence-electron chi connectivity index (χ0n) is 16.4. The van der Waals surface area contributed by atoms with E-state index in [1.165, 1.54) is 20.3 Å². The summed E-state index contributed by atoms with van der Waals surface area (Å²) in [7, 11) is 3.01. The molecule has 6 heteroatoms. The van der Waals surface area contributed by atoms with Gasteiger partial charge < -0.3 is 14.2 Å². The summed E-state index contributed by atoms with van der Waals surface area (Å²) in [4.78, 5) is 25.0. The van der Waals surface area contributed by atoms with Crippen LogP contribution in [0.15, 0.2) is 72.8 Å². The summed E-state index contributed by atoms with van der Waals surface area (Å²) in [5.74, 6) is 0.526. The van der Waals surface area contributed by atoms with Crippen molar-refractivity contribution < 1.29 is 23.8 Å². The lowest BCUT2D eigenvalue weighted by Crippen LogP contribution is -2.09. The van der Waals surface area contributed by atoms with E-state index in [-0.39, 0.29) is 5.78 Å². The van der Waals surface area contributed by atoms with Crippen molar-refractivity contribution in [2.24, 2.45) is 0 Å². The molecule has 30 heavy (non-hydrogen) atoms. The fraction of sp³-hybridized carbons (Fsp3) is 0.0833. The largest absolute Gasteiger partial charge is 0.493 e. The van der Waals surface area contributed by atoms with Gasteiger partial charge in [-0.15, -0.1) is 0 Å². The summed E-state index contributed by atoms with van der Waals surface area (Å²) in [6.45, 7) is 0. The van der Waals surface area contributed by atoms with Crippen LogP contribution in [0.25, 0.3) is 6.08 Å². The summed E-state index contributed by atoms with van der Waals surface area (Å²) in [6, 6.07) is 18.3. The Labute approximate surface area is 179 Å². The summed E-state index contributed by atoms with van der Waals surface area (Å²) in [5, 5.41) is 0.558. The van der Waals surface area contributed by atoms with Gasteiger partial charge in [-0.25, -0.2) is 4.79 Å². The van der Waals surface area contributed by atoms with Gasteiger partial charge in [0.2, 0.25) is 0 Å². The second-order valence-electron chi connectivity index (χ2n) is 6.20. The van der Waals surface area contributed by atoms with Gasteiger partial charge in [-0.1, -0.05) is 29.8 Å². The molecule has 3 rings (SSSR count). The number of para-hydroxylation sites is 1. The number of halogens is 1. The van der Waals surface area contributed by atoms with Crippen LogP contribution in [-0.4, -0.2) is 26.0 Å². The third-order valence-corrected chi connectivity index (χ3v) is 4.54. The predicted octanol–water partition coefficient (Wildman–Crippen LogP) is 5.47. The van der Waals surface area contributed by atoms with Gasteiger partial charge >= 0.3 is 5.97 Å². The minimum atomic E-state index is -0.555. The van der Waals surface area contributed by atoms with Crippen molar-refractivity contribution >= 4 is 29.4 Å². The standard InChI is InChI=1S/C24H19ClO5/c1-28-22-14-10-18(15-23(22)29-2)24(27)30-21-6-4-3-5-17(21)9-13-20(26)16-7-11-19(25)12-8-16/h3-15H,1-2H3/b13-9+. The molecule has 3 aromatic carbocycles. The van der Waals surface area contributed by atoms with Gasteiger partial charge in [0, 0.05) is 16.1 Å². The van der Waals surface area contributed by atoms with Crippen LogP contribution in [-0.2, 0) is 0 Å². The number of hydrogen-bond donors (Lipinski definition) is 0. The highest BCUT2D eigenvalue weighted by Gasteiger charge is 2.14. The Morgan fingerprint density at radius 1 is 0.800 bits per heavy atom. The van der Waals surface area contributed by atoms with Crippen LogP contribution in [0.2, 0.25) is 5.02 Å². The predicted molar refractivity (Wildman–Crippen MR) is 116 cm³/mol. The van der Waals surface area contributed by atoms with E-state index in [0.717, 1.165) is 0 Å². The van der Waals surface area contributed by atoms with Crippen molar-refractivity contribution in [3.63, 3.8) is 0 Å². The zero-order valence-corrected chi connectivity index (χ0v) is 17.2. The summed E-state index contributed by atoms with van der Waals surface area (Å²) in [5.41, 5.74) is 1.41. The van der Waals surface area contributed by atoms with Gasteiger partial charge in [0.1, 0.15) is 5.75 Å². The second kappa shape index (κ2) is 9.76. The summed E-state index contributed by atoms with van der Waals surface area (Å²) < 4.78 is 15.9. The van der Waals surface area contributed by atoms with Gasteiger partial charge in [-0.2, -0.15) is 0 Å². The lowest BCUT2D eigenvalue weighted by atomic mass is 10.1. The Bertz CT molecular complexity index is 1090. The van der Waals surface area contributed by atoms with Gasteiger partial charge in [0.25, 0.3) is 0 Å². The molecule has 0 aliphatic heterocycles. The summed E-state index contributed by atoms with van der Waals surface area (Å²) >= 11 is 5.85. The highest BCUT2D eigenvalue weighted by atomic mass is 35.5. The first kappa shape index (κ1) is 21.1. The molecule has 0 radical (unpaired) electrons. The lowest BCUT2D eigenvalue weighted by molar-refractivity contribution is 0.0733. The first-order chi connectivity index (χ1) is 14.5. The molecule has 0 amide bonds. The molecule has 3 aromatic rings. The van der Waals surface area contributed by atoms with Crippen LogP contribution in [0.3, 0.4) is 0 Å². The van der Waals surface area contributed by atoms with Crippen molar-refractivity contribution in [2.45, 2.75) is 0 Å². The van der Waals surface area contributed by atoms with Crippen LogP contribution in [0.4, 0.5) is 0 Å². The Hall–Kier alpha value is -3.57. The third-order valence-electron chi connectivity index (χ3n) is 4.28. The Kier molecular flexibility index (Phi) is 6.88. The van der Waals surface area contributed by atoms with Crippen LogP contribution in [0.1, 0.15) is 26.3 Å². The van der Waals surface area contributed by atoms with E-state index in [4.69, 9.17) is 25.8 Å². The van der Waals surface area contributed by atoms with Crippen LogP contribution in [0.5, 0.6) is 17.2 Å². The second-order valence-corrected chi connectivity index (χ2v) is 6.64.